The molecule has 126 valence electrons. The molecular weight excluding hydrogens is 334 g/mol. The van der Waals surface area contributed by atoms with Crippen LogP contribution in [0.2, 0.25) is 5.02 Å². The summed E-state index contributed by atoms with van der Waals surface area (Å²) in [5, 5.41) is 7.97. The highest BCUT2D eigenvalue weighted by Gasteiger charge is 2.09. The zero-order valence-corrected chi connectivity index (χ0v) is 13.4. The van der Waals surface area contributed by atoms with Crippen molar-refractivity contribution in [1.29, 1.82) is 0 Å². The molecule has 1 heterocycles. The molecule has 0 atom stereocenters. The van der Waals surface area contributed by atoms with Gasteiger partial charge in [0.1, 0.15) is 5.76 Å². The summed E-state index contributed by atoms with van der Waals surface area (Å²) < 4.78 is 5.07. The van der Waals surface area contributed by atoms with Crippen molar-refractivity contribution in [2.45, 2.75) is 6.54 Å². The molecule has 0 unspecified atom stereocenters. The maximum atomic E-state index is 11.8. The number of carbonyl (C=O) groups is 3. The monoisotopic (exact) mass is 349 g/mol. The second kappa shape index (κ2) is 8.73. The van der Waals surface area contributed by atoms with Crippen LogP contribution in [0.25, 0.3) is 0 Å². The predicted octanol–water partition coefficient (Wildman–Crippen LogP) is 1.10. The van der Waals surface area contributed by atoms with Gasteiger partial charge in [-0.1, -0.05) is 11.6 Å². The zero-order valence-electron chi connectivity index (χ0n) is 12.7. The Morgan fingerprint density at radius 3 is 2.25 bits per heavy atom. The van der Waals surface area contributed by atoms with Crippen LogP contribution in [0.3, 0.4) is 0 Å². The van der Waals surface area contributed by atoms with E-state index in [9.17, 15) is 14.4 Å². The van der Waals surface area contributed by atoms with E-state index in [4.69, 9.17) is 16.0 Å². The molecule has 0 aliphatic heterocycles. The van der Waals surface area contributed by atoms with Gasteiger partial charge >= 0.3 is 0 Å². The number of amides is 3. The minimum absolute atomic E-state index is 0.184. The van der Waals surface area contributed by atoms with Gasteiger partial charge < -0.3 is 20.4 Å². The number of furan rings is 1. The van der Waals surface area contributed by atoms with Crippen LogP contribution >= 0.6 is 11.6 Å². The van der Waals surface area contributed by atoms with Gasteiger partial charge in [-0.2, -0.15) is 0 Å². The normalized spacial score (nSPS) is 10.0. The summed E-state index contributed by atoms with van der Waals surface area (Å²) in [6.07, 6.45) is 1.51. The standard InChI is InChI=1S/C16H16ClN3O4/c17-12-5-3-11(4-6-12)16(23)20-10-15(22)19-9-14(21)18-8-13-2-1-7-24-13/h1-7H,8-10H2,(H,18,21)(H,19,22)(H,20,23). The summed E-state index contributed by atoms with van der Waals surface area (Å²) in [5.41, 5.74) is 0.392. The van der Waals surface area contributed by atoms with Crippen LogP contribution < -0.4 is 16.0 Å². The Balaban J connectivity index is 1.64. The number of carbonyl (C=O) groups excluding carboxylic acids is 3. The summed E-state index contributed by atoms with van der Waals surface area (Å²) >= 11 is 5.73. The van der Waals surface area contributed by atoms with Crippen molar-refractivity contribution in [2.24, 2.45) is 0 Å². The first-order valence-electron chi connectivity index (χ1n) is 7.14. The molecule has 0 bridgehead atoms. The van der Waals surface area contributed by atoms with E-state index in [0.717, 1.165) is 0 Å². The molecule has 1 aromatic carbocycles. The van der Waals surface area contributed by atoms with Crippen LogP contribution in [0.1, 0.15) is 16.1 Å². The van der Waals surface area contributed by atoms with Gasteiger partial charge in [0.15, 0.2) is 0 Å². The van der Waals surface area contributed by atoms with E-state index >= 15 is 0 Å². The van der Waals surface area contributed by atoms with Crippen molar-refractivity contribution in [3.63, 3.8) is 0 Å². The average molecular weight is 350 g/mol. The maximum absolute atomic E-state index is 11.8. The molecule has 8 heteroatoms. The van der Waals surface area contributed by atoms with Crippen molar-refractivity contribution >= 4 is 29.3 Å². The minimum atomic E-state index is -0.467. The fourth-order valence-corrected chi connectivity index (χ4v) is 1.89. The second-order valence-corrected chi connectivity index (χ2v) is 5.26. The predicted molar refractivity (Wildman–Crippen MR) is 87.3 cm³/mol. The molecule has 3 amide bonds. The van der Waals surface area contributed by atoms with Crippen LogP contribution in [-0.2, 0) is 16.1 Å². The van der Waals surface area contributed by atoms with Gasteiger partial charge in [0, 0.05) is 10.6 Å². The summed E-state index contributed by atoms with van der Waals surface area (Å²) in [5.74, 6) is -0.608. The summed E-state index contributed by atoms with van der Waals surface area (Å²) in [6, 6.07) is 9.72. The van der Waals surface area contributed by atoms with E-state index in [1.165, 1.54) is 6.26 Å². The first-order valence-corrected chi connectivity index (χ1v) is 7.52. The van der Waals surface area contributed by atoms with Crippen molar-refractivity contribution in [1.82, 2.24) is 16.0 Å². The summed E-state index contributed by atoms with van der Waals surface area (Å²) in [6.45, 7) is -0.168. The van der Waals surface area contributed by atoms with E-state index in [2.05, 4.69) is 16.0 Å². The molecule has 24 heavy (non-hydrogen) atoms. The highest BCUT2D eigenvalue weighted by molar-refractivity contribution is 6.30. The van der Waals surface area contributed by atoms with E-state index in [1.54, 1.807) is 36.4 Å². The third-order valence-corrected chi connectivity index (χ3v) is 3.25. The largest absolute Gasteiger partial charge is 0.467 e. The molecule has 0 aliphatic rings. The number of halogens is 1. The summed E-state index contributed by atoms with van der Waals surface area (Å²) in [4.78, 5) is 35.0. The molecule has 0 saturated carbocycles. The third kappa shape index (κ3) is 5.77. The SMILES string of the molecule is O=C(CNC(=O)CNC(=O)c1ccc(Cl)cc1)NCc1ccco1. The van der Waals surface area contributed by atoms with E-state index in [-0.39, 0.29) is 25.5 Å². The number of benzene rings is 1. The first kappa shape index (κ1) is 17.6. The second-order valence-electron chi connectivity index (χ2n) is 4.82. The number of nitrogens with one attached hydrogen (secondary N) is 3. The van der Waals surface area contributed by atoms with Crippen molar-refractivity contribution in [2.75, 3.05) is 13.1 Å². The van der Waals surface area contributed by atoms with Gasteiger partial charge in [-0.3, -0.25) is 14.4 Å². The van der Waals surface area contributed by atoms with Crippen LogP contribution in [0.4, 0.5) is 0 Å². The average Bonchev–Trinajstić information content (AvgIpc) is 3.10. The van der Waals surface area contributed by atoms with E-state index in [1.807, 2.05) is 0 Å². The van der Waals surface area contributed by atoms with Crippen molar-refractivity contribution in [3.8, 4) is 0 Å². The Hall–Kier alpha value is -2.80. The minimum Gasteiger partial charge on any atom is -0.467 e. The van der Waals surface area contributed by atoms with Gasteiger partial charge in [0.25, 0.3) is 5.91 Å². The molecule has 0 radical (unpaired) electrons. The number of hydrogen-bond donors (Lipinski definition) is 3. The lowest BCUT2D eigenvalue weighted by Crippen LogP contribution is -2.41. The number of hydrogen-bond acceptors (Lipinski definition) is 4. The van der Waals surface area contributed by atoms with E-state index in [0.29, 0.717) is 16.3 Å². The zero-order chi connectivity index (χ0) is 17.4. The lowest BCUT2D eigenvalue weighted by Gasteiger charge is -2.07. The first-order chi connectivity index (χ1) is 11.5. The number of rotatable bonds is 7. The van der Waals surface area contributed by atoms with Gasteiger partial charge in [-0.25, -0.2) is 0 Å². The molecule has 2 aromatic rings. The molecule has 2 rings (SSSR count). The fraction of sp³-hybridized carbons (Fsp3) is 0.188. The lowest BCUT2D eigenvalue weighted by molar-refractivity contribution is -0.125. The Morgan fingerprint density at radius 1 is 0.917 bits per heavy atom. The molecule has 0 saturated heterocycles. The molecule has 0 aliphatic carbocycles. The Morgan fingerprint density at radius 2 is 1.58 bits per heavy atom. The molecule has 1 aromatic heterocycles. The quantitative estimate of drug-likeness (QED) is 0.696. The fourth-order valence-electron chi connectivity index (χ4n) is 1.77. The third-order valence-electron chi connectivity index (χ3n) is 3.00. The molecule has 7 nitrogen and oxygen atoms in total. The topological polar surface area (TPSA) is 100 Å². The van der Waals surface area contributed by atoms with Crippen LogP contribution in [0.5, 0.6) is 0 Å². The van der Waals surface area contributed by atoms with Gasteiger partial charge in [-0.15, -0.1) is 0 Å². The molecular formula is C16H16ClN3O4. The van der Waals surface area contributed by atoms with Gasteiger partial charge in [0.05, 0.1) is 25.9 Å². The molecule has 3 N–H and O–H groups in total. The smallest absolute Gasteiger partial charge is 0.251 e. The Labute approximate surface area is 143 Å². The Bertz CT molecular complexity index is 699. The maximum Gasteiger partial charge on any atom is 0.251 e. The van der Waals surface area contributed by atoms with Crippen molar-refractivity contribution in [3.05, 3.63) is 59.0 Å². The van der Waals surface area contributed by atoms with Crippen LogP contribution in [0.15, 0.2) is 47.1 Å². The van der Waals surface area contributed by atoms with Crippen LogP contribution in [-0.4, -0.2) is 30.8 Å². The van der Waals surface area contributed by atoms with Gasteiger partial charge in [-0.05, 0) is 36.4 Å². The lowest BCUT2D eigenvalue weighted by atomic mass is 10.2. The molecule has 0 spiro atoms. The summed E-state index contributed by atoms with van der Waals surface area (Å²) in [7, 11) is 0. The van der Waals surface area contributed by atoms with E-state index < -0.39 is 11.8 Å². The highest BCUT2D eigenvalue weighted by Crippen LogP contribution is 2.09. The van der Waals surface area contributed by atoms with Crippen LogP contribution in [0, 0.1) is 0 Å². The van der Waals surface area contributed by atoms with Crippen molar-refractivity contribution < 1.29 is 18.8 Å². The molecule has 0 fully saturated rings. The highest BCUT2D eigenvalue weighted by atomic mass is 35.5. The van der Waals surface area contributed by atoms with Gasteiger partial charge in [0.2, 0.25) is 11.8 Å². The Kier molecular flexibility index (Phi) is 6.39.